The smallest absolute Gasteiger partial charge is 0.310 e. The molecule has 4 aromatic rings. The van der Waals surface area contributed by atoms with Crippen LogP contribution in [-0.4, -0.2) is 51.3 Å². The van der Waals surface area contributed by atoms with Gasteiger partial charge in [-0.1, -0.05) is 73.5 Å². The quantitative estimate of drug-likeness (QED) is 0.208. The lowest BCUT2D eigenvalue weighted by molar-refractivity contribution is -0.147. The average Bonchev–Trinajstić information content (AvgIpc) is 3.64. The SMILES string of the molecule is Cc1ccc2c(O[C@@H]3C[C@H]4C(=O)C[C@]5(C(=O)O)C[C@H]5/C=C\CCCCC[C@H](Cc5cccc(F)c5)C(=O)N4C3)cc(-c3ccccc3)nc2c1. The maximum atomic E-state index is 14.6. The zero-order chi connectivity index (χ0) is 34.8. The molecule has 2 aliphatic heterocycles. The largest absolute Gasteiger partial charge is 0.488 e. The number of ether oxygens (including phenoxy) is 1. The summed E-state index contributed by atoms with van der Waals surface area (Å²) < 4.78 is 21.0. The Kier molecular flexibility index (Phi) is 9.54. The van der Waals surface area contributed by atoms with Gasteiger partial charge in [0.05, 0.1) is 29.2 Å². The third-order valence-corrected chi connectivity index (χ3v) is 10.8. The van der Waals surface area contributed by atoms with Gasteiger partial charge in [0.2, 0.25) is 5.91 Å². The van der Waals surface area contributed by atoms with Crippen molar-refractivity contribution >= 4 is 28.6 Å². The first-order valence-electron chi connectivity index (χ1n) is 17.8. The number of hydrogen-bond acceptors (Lipinski definition) is 5. The monoisotopic (exact) mass is 674 g/mol. The van der Waals surface area contributed by atoms with Gasteiger partial charge in [0.15, 0.2) is 5.78 Å². The normalized spacial score (nSPS) is 26.4. The second-order valence-corrected chi connectivity index (χ2v) is 14.4. The second kappa shape index (κ2) is 14.2. The number of allylic oxidation sites excluding steroid dienone is 2. The van der Waals surface area contributed by atoms with E-state index in [-0.39, 0.29) is 42.8 Å². The summed E-state index contributed by atoms with van der Waals surface area (Å²) in [5.74, 6) is -1.77. The molecule has 258 valence electrons. The van der Waals surface area contributed by atoms with Crippen LogP contribution in [0.1, 0.15) is 62.5 Å². The topological polar surface area (TPSA) is 96.8 Å². The van der Waals surface area contributed by atoms with Crippen LogP contribution in [0.4, 0.5) is 4.39 Å². The first-order valence-corrected chi connectivity index (χ1v) is 17.8. The molecule has 1 saturated carbocycles. The molecule has 1 amide bonds. The van der Waals surface area contributed by atoms with E-state index in [2.05, 4.69) is 0 Å². The van der Waals surface area contributed by atoms with Crippen molar-refractivity contribution in [1.82, 2.24) is 9.88 Å². The van der Waals surface area contributed by atoms with Gasteiger partial charge in [0, 0.05) is 35.8 Å². The van der Waals surface area contributed by atoms with Crippen LogP contribution in [0.3, 0.4) is 0 Å². The molecule has 0 unspecified atom stereocenters. The van der Waals surface area contributed by atoms with Gasteiger partial charge in [0.1, 0.15) is 17.7 Å². The fourth-order valence-electron chi connectivity index (χ4n) is 7.90. The number of rotatable bonds is 6. The number of aryl methyl sites for hydroxylation is 1. The lowest BCUT2D eigenvalue weighted by Crippen LogP contribution is -2.45. The third-order valence-electron chi connectivity index (χ3n) is 10.8. The van der Waals surface area contributed by atoms with Crippen molar-refractivity contribution in [3.8, 4) is 17.0 Å². The minimum Gasteiger partial charge on any atom is -0.488 e. The van der Waals surface area contributed by atoms with E-state index in [1.165, 1.54) is 12.1 Å². The van der Waals surface area contributed by atoms with Gasteiger partial charge in [-0.2, -0.15) is 0 Å². The number of Topliss-reactive ketones (excluding diaryl/α,β-unsaturated/α-hetero) is 1. The van der Waals surface area contributed by atoms with Gasteiger partial charge in [0.25, 0.3) is 0 Å². The highest BCUT2D eigenvalue weighted by Crippen LogP contribution is 2.57. The first kappa shape index (κ1) is 33.6. The van der Waals surface area contributed by atoms with E-state index in [1.807, 2.05) is 79.7 Å². The summed E-state index contributed by atoms with van der Waals surface area (Å²) in [5.41, 5.74) is 3.13. The summed E-state index contributed by atoms with van der Waals surface area (Å²) in [4.78, 5) is 47.9. The van der Waals surface area contributed by atoms with Crippen molar-refractivity contribution in [2.24, 2.45) is 17.3 Å². The summed E-state index contributed by atoms with van der Waals surface area (Å²) >= 11 is 0. The van der Waals surface area contributed by atoms with Crippen LogP contribution in [0, 0.1) is 30.0 Å². The molecular formula is C42H43FN2O5. The van der Waals surface area contributed by atoms with Crippen molar-refractivity contribution in [3.63, 3.8) is 0 Å². The Bertz CT molecular complexity index is 1940. The predicted octanol–water partition coefficient (Wildman–Crippen LogP) is 8.13. The number of pyridine rings is 1. The van der Waals surface area contributed by atoms with Gasteiger partial charge in [-0.3, -0.25) is 14.4 Å². The molecule has 2 fully saturated rings. The predicted molar refractivity (Wildman–Crippen MR) is 190 cm³/mol. The molecule has 1 N–H and O–H groups in total. The maximum absolute atomic E-state index is 14.6. The summed E-state index contributed by atoms with van der Waals surface area (Å²) in [7, 11) is 0. The van der Waals surface area contributed by atoms with Crippen molar-refractivity contribution in [2.75, 3.05) is 6.54 Å². The highest BCUT2D eigenvalue weighted by molar-refractivity contribution is 5.95. The molecule has 7 rings (SSSR count). The van der Waals surface area contributed by atoms with Crippen LogP contribution in [0.2, 0.25) is 0 Å². The number of carboxylic acids is 1. The summed E-state index contributed by atoms with van der Waals surface area (Å²) in [6.45, 7) is 2.20. The van der Waals surface area contributed by atoms with E-state index in [0.29, 0.717) is 25.0 Å². The lowest BCUT2D eigenvalue weighted by Gasteiger charge is -2.29. The number of nitrogens with zero attached hydrogens (tertiary/aromatic N) is 2. The van der Waals surface area contributed by atoms with Gasteiger partial charge >= 0.3 is 5.97 Å². The number of fused-ring (bicyclic) bond motifs is 3. The minimum absolute atomic E-state index is 0.136. The molecule has 1 aromatic heterocycles. The van der Waals surface area contributed by atoms with Crippen LogP contribution in [0.25, 0.3) is 22.2 Å². The van der Waals surface area contributed by atoms with Crippen molar-refractivity contribution < 1.29 is 28.6 Å². The molecule has 3 heterocycles. The summed E-state index contributed by atoms with van der Waals surface area (Å²) in [6.07, 6.45) is 8.49. The zero-order valence-corrected chi connectivity index (χ0v) is 28.4. The van der Waals surface area contributed by atoms with Crippen LogP contribution < -0.4 is 4.74 Å². The lowest BCUT2D eigenvalue weighted by atomic mass is 9.90. The molecule has 1 aliphatic carbocycles. The number of halogens is 1. The fraction of sp³-hybridized carbons (Fsp3) is 0.381. The Labute approximate surface area is 292 Å². The molecular weight excluding hydrogens is 631 g/mol. The van der Waals surface area contributed by atoms with E-state index in [9.17, 15) is 23.9 Å². The van der Waals surface area contributed by atoms with E-state index < -0.39 is 29.4 Å². The van der Waals surface area contributed by atoms with Crippen molar-refractivity contribution in [3.05, 3.63) is 108 Å². The number of hydrogen-bond donors (Lipinski definition) is 1. The molecule has 1 saturated heterocycles. The van der Waals surface area contributed by atoms with E-state index in [4.69, 9.17) is 9.72 Å². The number of amides is 1. The molecule has 0 bridgehead atoms. The Hall–Kier alpha value is -4.85. The van der Waals surface area contributed by atoms with Crippen LogP contribution in [0.5, 0.6) is 5.75 Å². The number of ketones is 1. The van der Waals surface area contributed by atoms with Gasteiger partial charge < -0.3 is 14.7 Å². The van der Waals surface area contributed by atoms with Crippen LogP contribution in [0.15, 0.2) is 91.0 Å². The second-order valence-electron chi connectivity index (χ2n) is 14.4. The van der Waals surface area contributed by atoms with Gasteiger partial charge in [-0.05, 0) is 80.3 Å². The highest BCUT2D eigenvalue weighted by Gasteiger charge is 2.61. The Balaban J connectivity index is 1.23. The van der Waals surface area contributed by atoms with E-state index in [0.717, 1.165) is 59.0 Å². The molecule has 0 radical (unpaired) electrons. The molecule has 3 aromatic carbocycles. The van der Waals surface area contributed by atoms with Crippen molar-refractivity contribution in [2.45, 2.75) is 76.9 Å². The molecule has 5 atom stereocenters. The van der Waals surface area contributed by atoms with Crippen molar-refractivity contribution in [1.29, 1.82) is 0 Å². The fourth-order valence-corrected chi connectivity index (χ4v) is 7.90. The molecule has 50 heavy (non-hydrogen) atoms. The molecule has 3 aliphatic rings. The zero-order valence-electron chi connectivity index (χ0n) is 28.4. The van der Waals surface area contributed by atoms with E-state index >= 15 is 0 Å². The summed E-state index contributed by atoms with van der Waals surface area (Å²) in [6, 6.07) is 23.3. The Morgan fingerprint density at radius 1 is 1.02 bits per heavy atom. The minimum atomic E-state index is -1.15. The summed E-state index contributed by atoms with van der Waals surface area (Å²) in [5, 5.41) is 11.1. The Morgan fingerprint density at radius 2 is 1.86 bits per heavy atom. The standard InChI is InChI=1S/C42H43FN2O5/c1-27-17-18-34-36(19-27)44-35(29-12-7-5-8-13-29)23-39(34)50-33-22-37-38(46)25-42(41(48)49)24-31(42)15-9-4-2-3-6-14-30(40(47)45(37)26-33)20-28-11-10-16-32(43)21-28/h5,7-13,15-19,21,23,30-31,33,37H,2-4,6,14,20,22,24-26H2,1H3,(H,48,49)/b15-9-/t30-,31-,33-,37+,42-/m1/s1. The van der Waals surface area contributed by atoms with E-state index in [1.54, 1.807) is 11.0 Å². The molecule has 8 heteroatoms. The third kappa shape index (κ3) is 7.07. The van der Waals surface area contributed by atoms with Gasteiger partial charge in [-0.15, -0.1) is 0 Å². The molecule has 7 nitrogen and oxygen atoms in total. The number of aromatic nitrogens is 1. The number of carbonyl (C=O) groups excluding carboxylic acids is 2. The Morgan fingerprint density at radius 3 is 2.66 bits per heavy atom. The highest BCUT2D eigenvalue weighted by atomic mass is 19.1. The average molecular weight is 675 g/mol. The number of carbonyl (C=O) groups is 3. The number of aliphatic carboxylic acids is 1. The van der Waals surface area contributed by atoms with Crippen LogP contribution in [-0.2, 0) is 20.8 Å². The molecule has 0 spiro atoms. The number of benzene rings is 3. The number of carboxylic acid groups (broad SMARTS) is 1. The van der Waals surface area contributed by atoms with Crippen LogP contribution >= 0.6 is 0 Å². The first-order chi connectivity index (χ1) is 24.2. The van der Waals surface area contributed by atoms with Gasteiger partial charge in [-0.25, -0.2) is 9.37 Å². The maximum Gasteiger partial charge on any atom is 0.310 e.